The van der Waals surface area contributed by atoms with Gasteiger partial charge < -0.3 is 5.73 Å². The molecule has 0 atom stereocenters. The van der Waals surface area contributed by atoms with Crippen molar-refractivity contribution >= 4 is 5.69 Å². The highest BCUT2D eigenvalue weighted by molar-refractivity contribution is 5.49. The predicted molar refractivity (Wildman–Crippen MR) is 45.1 cm³/mol. The average Bonchev–Trinajstić information content (AvgIpc) is 1.94. The molecule has 0 saturated carbocycles. The number of aryl methyl sites for hydroxylation is 1. The number of hydrogen-bond donors (Lipinski definition) is 1. The molecule has 0 amide bonds. The molecule has 13 heavy (non-hydrogen) atoms. The molecule has 2 N–H and O–H groups in total. The number of hydrogen-bond acceptors (Lipinski definition) is 1. The maximum absolute atomic E-state index is 13.0. The summed E-state index contributed by atoms with van der Waals surface area (Å²) in [5, 5.41) is 0. The Kier molecular flexibility index (Phi) is 2.24. The van der Waals surface area contributed by atoms with Crippen molar-refractivity contribution < 1.29 is 13.2 Å². The zero-order valence-electron chi connectivity index (χ0n) is 7.37. The molecule has 0 spiro atoms. The first-order chi connectivity index (χ1) is 5.82. The van der Waals surface area contributed by atoms with Crippen LogP contribution in [-0.2, 0) is 5.92 Å². The lowest BCUT2D eigenvalue weighted by molar-refractivity contribution is 0.0138. The number of benzene rings is 1. The summed E-state index contributed by atoms with van der Waals surface area (Å²) in [6, 6.07) is 1.99. The van der Waals surface area contributed by atoms with Gasteiger partial charge in [-0.05, 0) is 24.6 Å². The van der Waals surface area contributed by atoms with E-state index in [1.54, 1.807) is 6.92 Å². The highest BCUT2D eigenvalue weighted by Gasteiger charge is 2.28. The number of anilines is 1. The molecular weight excluding hydrogens is 179 g/mol. The van der Waals surface area contributed by atoms with Crippen molar-refractivity contribution in [2.45, 2.75) is 19.8 Å². The minimum absolute atomic E-state index is 0.179. The van der Waals surface area contributed by atoms with Gasteiger partial charge in [0.05, 0.1) is 5.56 Å². The molecule has 1 rings (SSSR count). The van der Waals surface area contributed by atoms with Crippen LogP contribution in [0.3, 0.4) is 0 Å². The van der Waals surface area contributed by atoms with Crippen LogP contribution in [0.1, 0.15) is 18.1 Å². The van der Waals surface area contributed by atoms with Crippen molar-refractivity contribution in [1.82, 2.24) is 0 Å². The van der Waals surface area contributed by atoms with Crippen molar-refractivity contribution in [2.24, 2.45) is 0 Å². The molecule has 0 saturated heterocycles. The Balaban J connectivity index is 3.32. The van der Waals surface area contributed by atoms with Gasteiger partial charge in [0, 0.05) is 12.6 Å². The third kappa shape index (κ3) is 1.94. The predicted octanol–water partition coefficient (Wildman–Crippen LogP) is 2.83. The summed E-state index contributed by atoms with van der Waals surface area (Å²) in [6.07, 6.45) is 0. The zero-order chi connectivity index (χ0) is 10.2. The van der Waals surface area contributed by atoms with Gasteiger partial charge in [0.2, 0.25) is 0 Å². The van der Waals surface area contributed by atoms with E-state index in [2.05, 4.69) is 0 Å². The van der Waals surface area contributed by atoms with Gasteiger partial charge >= 0.3 is 0 Å². The van der Waals surface area contributed by atoms with E-state index >= 15 is 0 Å². The zero-order valence-corrected chi connectivity index (χ0v) is 7.37. The third-order valence-corrected chi connectivity index (χ3v) is 1.83. The minimum atomic E-state index is -3.19. The summed E-state index contributed by atoms with van der Waals surface area (Å²) >= 11 is 0. The van der Waals surface area contributed by atoms with Crippen LogP contribution in [0.5, 0.6) is 0 Å². The first-order valence-corrected chi connectivity index (χ1v) is 3.76. The largest absolute Gasteiger partial charge is 0.399 e. The van der Waals surface area contributed by atoms with Crippen LogP contribution in [0.25, 0.3) is 0 Å². The second-order valence-electron chi connectivity index (χ2n) is 3.08. The second kappa shape index (κ2) is 2.94. The Morgan fingerprint density at radius 3 is 2.31 bits per heavy atom. The Labute approximate surface area is 74.4 Å². The lowest BCUT2D eigenvalue weighted by Crippen LogP contribution is -2.11. The van der Waals surface area contributed by atoms with E-state index in [1.165, 1.54) is 0 Å². The molecule has 0 aliphatic heterocycles. The van der Waals surface area contributed by atoms with Crippen LogP contribution in [0.15, 0.2) is 12.1 Å². The molecule has 0 bridgehead atoms. The van der Waals surface area contributed by atoms with Crippen molar-refractivity contribution in [3.05, 3.63) is 29.1 Å². The van der Waals surface area contributed by atoms with Gasteiger partial charge in [0.1, 0.15) is 5.82 Å². The molecule has 0 aromatic heterocycles. The van der Waals surface area contributed by atoms with Crippen LogP contribution in [0.2, 0.25) is 0 Å². The van der Waals surface area contributed by atoms with E-state index in [0.29, 0.717) is 12.5 Å². The molecule has 0 radical (unpaired) electrons. The van der Waals surface area contributed by atoms with E-state index in [-0.39, 0.29) is 5.69 Å². The van der Waals surface area contributed by atoms with Gasteiger partial charge in [-0.2, -0.15) is 0 Å². The highest BCUT2D eigenvalue weighted by atomic mass is 19.3. The summed E-state index contributed by atoms with van der Waals surface area (Å²) < 4.78 is 38.5. The lowest BCUT2D eigenvalue weighted by Gasteiger charge is -2.13. The minimum Gasteiger partial charge on any atom is -0.399 e. The molecule has 1 nitrogen and oxygen atoms in total. The fourth-order valence-electron chi connectivity index (χ4n) is 1.03. The first-order valence-electron chi connectivity index (χ1n) is 3.76. The Morgan fingerprint density at radius 2 is 1.85 bits per heavy atom. The van der Waals surface area contributed by atoms with Gasteiger partial charge in [-0.25, -0.2) is 13.2 Å². The van der Waals surface area contributed by atoms with Crippen molar-refractivity contribution in [3.63, 3.8) is 0 Å². The van der Waals surface area contributed by atoms with E-state index in [9.17, 15) is 13.2 Å². The molecule has 4 heteroatoms. The molecule has 0 aliphatic rings. The van der Waals surface area contributed by atoms with Crippen LogP contribution in [-0.4, -0.2) is 0 Å². The van der Waals surface area contributed by atoms with E-state index in [0.717, 1.165) is 12.1 Å². The van der Waals surface area contributed by atoms with E-state index in [1.807, 2.05) is 0 Å². The smallest absolute Gasteiger partial charge is 0.273 e. The quantitative estimate of drug-likeness (QED) is 0.675. The molecule has 72 valence electrons. The van der Waals surface area contributed by atoms with Gasteiger partial charge in [-0.15, -0.1) is 0 Å². The maximum Gasteiger partial charge on any atom is 0.273 e. The molecule has 0 aliphatic carbocycles. The first kappa shape index (κ1) is 9.89. The number of rotatable bonds is 1. The Hall–Kier alpha value is -1.19. The summed E-state index contributed by atoms with van der Waals surface area (Å²) in [4.78, 5) is 0. The SMILES string of the molecule is Cc1cc(F)c(C(C)(F)F)cc1N. The summed E-state index contributed by atoms with van der Waals surface area (Å²) in [5.41, 5.74) is 5.37. The molecule has 0 fully saturated rings. The number of nitrogens with two attached hydrogens (primary N) is 1. The average molecular weight is 189 g/mol. The summed E-state index contributed by atoms with van der Waals surface area (Å²) in [7, 11) is 0. The van der Waals surface area contributed by atoms with Gasteiger partial charge in [-0.1, -0.05) is 0 Å². The van der Waals surface area contributed by atoms with Crippen LogP contribution >= 0.6 is 0 Å². The van der Waals surface area contributed by atoms with Crippen molar-refractivity contribution in [2.75, 3.05) is 5.73 Å². The van der Waals surface area contributed by atoms with Crippen LogP contribution in [0, 0.1) is 12.7 Å². The van der Waals surface area contributed by atoms with Crippen molar-refractivity contribution in [1.29, 1.82) is 0 Å². The number of alkyl halides is 2. The van der Waals surface area contributed by atoms with Crippen molar-refractivity contribution in [3.8, 4) is 0 Å². The van der Waals surface area contributed by atoms with Crippen LogP contribution < -0.4 is 5.73 Å². The topological polar surface area (TPSA) is 26.0 Å². The van der Waals surface area contributed by atoms with E-state index < -0.39 is 17.3 Å². The third-order valence-electron chi connectivity index (χ3n) is 1.83. The van der Waals surface area contributed by atoms with E-state index in [4.69, 9.17) is 5.73 Å². The fraction of sp³-hybridized carbons (Fsp3) is 0.333. The molecular formula is C9H10F3N. The van der Waals surface area contributed by atoms with Gasteiger partial charge in [-0.3, -0.25) is 0 Å². The summed E-state index contributed by atoms with van der Waals surface area (Å²) in [5.74, 6) is -4.11. The maximum atomic E-state index is 13.0. The highest BCUT2D eigenvalue weighted by Crippen LogP contribution is 2.31. The van der Waals surface area contributed by atoms with Gasteiger partial charge in [0.15, 0.2) is 0 Å². The van der Waals surface area contributed by atoms with Crippen LogP contribution in [0.4, 0.5) is 18.9 Å². The normalized spacial score (nSPS) is 11.8. The Morgan fingerprint density at radius 1 is 1.31 bits per heavy atom. The van der Waals surface area contributed by atoms with Gasteiger partial charge in [0.25, 0.3) is 5.92 Å². The lowest BCUT2D eigenvalue weighted by atomic mass is 10.1. The Bertz CT molecular complexity index is 328. The second-order valence-corrected chi connectivity index (χ2v) is 3.08. The fourth-order valence-corrected chi connectivity index (χ4v) is 1.03. The number of halogens is 3. The standard InChI is InChI=1S/C9H10F3N/c1-5-3-7(10)6(4-8(5)13)9(2,11)12/h3-4H,13H2,1-2H3. The molecule has 0 unspecified atom stereocenters. The summed E-state index contributed by atoms with van der Waals surface area (Å²) in [6.45, 7) is 2.20. The molecule has 0 heterocycles. The molecule has 1 aromatic rings. The molecule has 1 aromatic carbocycles. The monoisotopic (exact) mass is 189 g/mol. The number of nitrogen functional groups attached to an aromatic ring is 1.